The topological polar surface area (TPSA) is 89.7 Å². The number of aromatic nitrogens is 2. The Labute approximate surface area is 161 Å². The molecule has 1 saturated heterocycles. The summed E-state index contributed by atoms with van der Waals surface area (Å²) in [7, 11) is 0. The number of urea groups is 1. The van der Waals surface area contributed by atoms with Crippen molar-refractivity contribution in [3.05, 3.63) is 65.8 Å². The first-order valence-corrected chi connectivity index (χ1v) is 9.06. The van der Waals surface area contributed by atoms with Crippen molar-refractivity contribution in [1.82, 2.24) is 15.0 Å². The first kappa shape index (κ1) is 16.6. The number of nitrogens with zero attached hydrogens (tertiary/aromatic N) is 3. The van der Waals surface area contributed by atoms with Crippen LogP contribution >= 0.6 is 0 Å². The average molecular weight is 378 g/mol. The Morgan fingerprint density at radius 3 is 2.79 bits per heavy atom. The first-order valence-electron chi connectivity index (χ1n) is 9.06. The largest absolute Gasteiger partial charge is 0.454 e. The Balaban J connectivity index is 1.16. The second-order valence-electron chi connectivity index (χ2n) is 6.81. The lowest BCUT2D eigenvalue weighted by atomic mass is 10.0. The van der Waals surface area contributed by atoms with E-state index in [4.69, 9.17) is 14.0 Å². The van der Waals surface area contributed by atoms with Crippen LogP contribution in [0.2, 0.25) is 0 Å². The lowest BCUT2D eigenvalue weighted by Gasteiger charge is -2.36. The molecule has 8 heteroatoms. The average Bonchev–Trinajstić information content (AvgIpc) is 3.30. The number of hydrogen-bond acceptors (Lipinski definition) is 6. The highest BCUT2D eigenvalue weighted by atomic mass is 16.7. The Morgan fingerprint density at radius 1 is 1.11 bits per heavy atom. The molecule has 1 fully saturated rings. The van der Waals surface area contributed by atoms with Crippen molar-refractivity contribution < 1.29 is 18.8 Å². The summed E-state index contributed by atoms with van der Waals surface area (Å²) < 4.78 is 16.0. The standard InChI is InChI=1S/C20H18N4O4/c25-20(21-15-6-7-16-17(9-15)27-12-26-16)24-10-14(11-24)19-22-18(23-28-19)8-13-4-2-1-3-5-13/h1-7,9,14H,8,10-12H2,(H,21,25). The molecule has 5 rings (SSSR count). The molecule has 0 unspecified atom stereocenters. The van der Waals surface area contributed by atoms with Crippen molar-refractivity contribution in [2.24, 2.45) is 0 Å². The van der Waals surface area contributed by atoms with Gasteiger partial charge in [-0.3, -0.25) is 0 Å². The molecule has 0 bridgehead atoms. The van der Waals surface area contributed by atoms with Crippen molar-refractivity contribution >= 4 is 11.7 Å². The number of rotatable bonds is 4. The maximum absolute atomic E-state index is 12.4. The van der Waals surface area contributed by atoms with Gasteiger partial charge in [-0.2, -0.15) is 4.98 Å². The third-order valence-corrected chi connectivity index (χ3v) is 4.83. The highest BCUT2D eigenvalue weighted by molar-refractivity contribution is 5.90. The molecule has 28 heavy (non-hydrogen) atoms. The maximum Gasteiger partial charge on any atom is 0.321 e. The number of ether oxygens (including phenoxy) is 2. The second-order valence-corrected chi connectivity index (χ2v) is 6.81. The van der Waals surface area contributed by atoms with Crippen LogP contribution in [0.25, 0.3) is 0 Å². The van der Waals surface area contributed by atoms with Gasteiger partial charge in [0, 0.05) is 31.3 Å². The van der Waals surface area contributed by atoms with Gasteiger partial charge < -0.3 is 24.2 Å². The number of benzene rings is 2. The number of amides is 2. The van der Waals surface area contributed by atoms with Gasteiger partial charge in [-0.25, -0.2) is 4.79 Å². The fraction of sp³-hybridized carbons (Fsp3) is 0.250. The van der Waals surface area contributed by atoms with Crippen LogP contribution in [0, 0.1) is 0 Å². The predicted molar refractivity (Wildman–Crippen MR) is 99.4 cm³/mol. The fourth-order valence-corrected chi connectivity index (χ4v) is 3.26. The van der Waals surface area contributed by atoms with Crippen molar-refractivity contribution in [2.75, 3.05) is 25.2 Å². The van der Waals surface area contributed by atoms with Crippen molar-refractivity contribution in [2.45, 2.75) is 12.3 Å². The zero-order chi connectivity index (χ0) is 18.9. The number of anilines is 1. The van der Waals surface area contributed by atoms with Crippen molar-refractivity contribution in [1.29, 1.82) is 0 Å². The summed E-state index contributed by atoms with van der Waals surface area (Å²) >= 11 is 0. The minimum Gasteiger partial charge on any atom is -0.454 e. The molecule has 8 nitrogen and oxygen atoms in total. The molecule has 2 amide bonds. The van der Waals surface area contributed by atoms with Crippen molar-refractivity contribution in [3.63, 3.8) is 0 Å². The van der Waals surface area contributed by atoms with Gasteiger partial charge in [-0.1, -0.05) is 35.5 Å². The summed E-state index contributed by atoms with van der Waals surface area (Å²) in [5, 5.41) is 6.92. The first-order chi connectivity index (χ1) is 13.7. The molecule has 3 heterocycles. The molecule has 0 saturated carbocycles. The van der Waals surface area contributed by atoms with E-state index < -0.39 is 0 Å². The number of fused-ring (bicyclic) bond motifs is 1. The summed E-state index contributed by atoms with van der Waals surface area (Å²) in [6.45, 7) is 1.30. The molecule has 142 valence electrons. The van der Waals surface area contributed by atoms with E-state index in [0.717, 1.165) is 5.56 Å². The third kappa shape index (κ3) is 3.24. The van der Waals surface area contributed by atoms with E-state index in [1.807, 2.05) is 30.3 Å². The normalized spacial score (nSPS) is 15.4. The Kier molecular flexibility index (Phi) is 4.08. The minimum absolute atomic E-state index is 0.0690. The molecule has 0 spiro atoms. The smallest absolute Gasteiger partial charge is 0.321 e. The van der Waals surface area contributed by atoms with Gasteiger partial charge >= 0.3 is 6.03 Å². The van der Waals surface area contributed by atoms with Crippen LogP contribution in [0.1, 0.15) is 23.2 Å². The number of carbonyl (C=O) groups is 1. The SMILES string of the molecule is O=C(Nc1ccc2c(c1)OCO2)N1CC(c2nc(Cc3ccccc3)no2)C1. The zero-order valence-electron chi connectivity index (χ0n) is 15.0. The van der Waals surface area contributed by atoms with E-state index in [9.17, 15) is 4.79 Å². The molecule has 0 aliphatic carbocycles. The monoisotopic (exact) mass is 378 g/mol. The van der Waals surface area contributed by atoms with Crippen LogP contribution in [0.4, 0.5) is 10.5 Å². The Bertz CT molecular complexity index is 998. The zero-order valence-corrected chi connectivity index (χ0v) is 15.0. The lowest BCUT2D eigenvalue weighted by molar-refractivity contribution is 0.147. The third-order valence-electron chi connectivity index (χ3n) is 4.83. The summed E-state index contributed by atoms with van der Waals surface area (Å²) in [6, 6.07) is 15.2. The summed E-state index contributed by atoms with van der Waals surface area (Å²) in [6.07, 6.45) is 0.630. The minimum atomic E-state index is -0.167. The van der Waals surface area contributed by atoms with Gasteiger partial charge in [0.1, 0.15) is 0 Å². The van der Waals surface area contributed by atoms with Crippen LogP contribution < -0.4 is 14.8 Å². The number of likely N-dealkylation sites (tertiary alicyclic amines) is 1. The van der Waals surface area contributed by atoms with E-state index in [-0.39, 0.29) is 18.7 Å². The van der Waals surface area contributed by atoms with Gasteiger partial charge in [-0.15, -0.1) is 0 Å². The van der Waals surface area contributed by atoms with E-state index in [0.29, 0.717) is 48.4 Å². The fourth-order valence-electron chi connectivity index (χ4n) is 3.26. The van der Waals surface area contributed by atoms with Crippen LogP contribution in [-0.2, 0) is 6.42 Å². The highest BCUT2D eigenvalue weighted by Crippen LogP contribution is 2.34. The molecular weight excluding hydrogens is 360 g/mol. The van der Waals surface area contributed by atoms with Crippen LogP contribution in [0.3, 0.4) is 0 Å². The molecule has 0 atom stereocenters. The number of nitrogens with one attached hydrogen (secondary N) is 1. The maximum atomic E-state index is 12.4. The number of carbonyl (C=O) groups excluding carboxylic acids is 1. The van der Waals surface area contributed by atoms with E-state index in [1.54, 1.807) is 23.1 Å². The van der Waals surface area contributed by atoms with Gasteiger partial charge in [-0.05, 0) is 17.7 Å². The Hall–Kier alpha value is -3.55. The molecule has 1 N–H and O–H groups in total. The van der Waals surface area contributed by atoms with Crippen molar-refractivity contribution in [3.8, 4) is 11.5 Å². The Morgan fingerprint density at radius 2 is 1.93 bits per heavy atom. The van der Waals surface area contributed by atoms with Gasteiger partial charge in [0.05, 0.1) is 5.92 Å². The van der Waals surface area contributed by atoms with Crippen LogP contribution in [0.15, 0.2) is 53.1 Å². The summed E-state index contributed by atoms with van der Waals surface area (Å²) in [5.41, 5.74) is 1.80. The quantitative estimate of drug-likeness (QED) is 0.751. The lowest BCUT2D eigenvalue weighted by Crippen LogP contribution is -2.50. The van der Waals surface area contributed by atoms with E-state index >= 15 is 0 Å². The van der Waals surface area contributed by atoms with Crippen LogP contribution in [0.5, 0.6) is 11.5 Å². The predicted octanol–water partition coefficient (Wildman–Crippen LogP) is 3.02. The second kappa shape index (κ2) is 6.88. The molecule has 2 aromatic carbocycles. The molecular formula is C20H18N4O4. The van der Waals surface area contributed by atoms with Gasteiger partial charge in [0.25, 0.3) is 0 Å². The summed E-state index contributed by atoms with van der Waals surface area (Å²) in [5.74, 6) is 2.63. The van der Waals surface area contributed by atoms with E-state index in [1.165, 1.54) is 0 Å². The van der Waals surface area contributed by atoms with Gasteiger partial charge in [0.2, 0.25) is 12.7 Å². The number of hydrogen-bond donors (Lipinski definition) is 1. The van der Waals surface area contributed by atoms with E-state index in [2.05, 4.69) is 15.5 Å². The molecule has 1 aromatic heterocycles. The highest BCUT2D eigenvalue weighted by Gasteiger charge is 2.35. The molecule has 0 radical (unpaired) electrons. The molecule has 3 aromatic rings. The van der Waals surface area contributed by atoms with Gasteiger partial charge in [0.15, 0.2) is 17.3 Å². The van der Waals surface area contributed by atoms with Crippen LogP contribution in [-0.4, -0.2) is 41.0 Å². The molecule has 2 aliphatic rings. The molecule has 2 aliphatic heterocycles. The summed E-state index contributed by atoms with van der Waals surface area (Å²) in [4.78, 5) is 18.6.